The lowest BCUT2D eigenvalue weighted by Crippen LogP contribution is -2.12. The number of non-ortho nitro benzene ring substituents is 1. The van der Waals surface area contributed by atoms with E-state index in [2.05, 4.69) is 10.4 Å². The van der Waals surface area contributed by atoms with Crippen LogP contribution in [0.4, 0.5) is 11.4 Å². The number of phenolic OH excluding ortho intramolecular Hbond substituents is 1. The van der Waals surface area contributed by atoms with E-state index in [1.54, 1.807) is 14.0 Å². The minimum Gasteiger partial charge on any atom is -0.506 e. The van der Waals surface area contributed by atoms with Crippen LogP contribution in [0.3, 0.4) is 0 Å². The Balaban J connectivity index is 2.30. The van der Waals surface area contributed by atoms with Crippen LogP contribution in [0.15, 0.2) is 24.4 Å². The first-order valence-electron chi connectivity index (χ1n) is 5.67. The van der Waals surface area contributed by atoms with Gasteiger partial charge in [-0.25, -0.2) is 0 Å². The molecule has 0 atom stereocenters. The van der Waals surface area contributed by atoms with Gasteiger partial charge in [0.1, 0.15) is 5.75 Å². The molecule has 0 aliphatic heterocycles. The van der Waals surface area contributed by atoms with E-state index < -0.39 is 10.8 Å². The van der Waals surface area contributed by atoms with E-state index in [9.17, 15) is 20.0 Å². The van der Waals surface area contributed by atoms with E-state index in [4.69, 9.17) is 0 Å². The lowest BCUT2D eigenvalue weighted by Gasteiger charge is -2.06. The molecular formula is C12H12N4O4. The molecule has 0 saturated heterocycles. The minimum absolute atomic E-state index is 0.0209. The van der Waals surface area contributed by atoms with E-state index in [0.717, 1.165) is 18.2 Å². The summed E-state index contributed by atoms with van der Waals surface area (Å²) in [6.07, 6.45) is 1.53. The fourth-order valence-electron chi connectivity index (χ4n) is 1.75. The molecule has 0 aliphatic carbocycles. The van der Waals surface area contributed by atoms with E-state index >= 15 is 0 Å². The normalized spacial score (nSPS) is 10.3. The first-order valence-corrected chi connectivity index (χ1v) is 5.67. The quantitative estimate of drug-likeness (QED) is 0.502. The maximum absolute atomic E-state index is 12.0. The number of hydrogen-bond donors (Lipinski definition) is 2. The van der Waals surface area contributed by atoms with Gasteiger partial charge in [-0.1, -0.05) is 0 Å². The summed E-state index contributed by atoms with van der Waals surface area (Å²) in [5.41, 5.74) is 0.613. The van der Waals surface area contributed by atoms with Gasteiger partial charge in [0.2, 0.25) is 0 Å². The third-order valence-corrected chi connectivity index (χ3v) is 2.70. The standard InChI is InChI=1S/C12H12N4O4/c1-7-9(6-15(2)14-7)12(18)13-10-5-8(16(19)20)3-4-11(10)17/h3-6,17H,1-2H3,(H,13,18). The van der Waals surface area contributed by atoms with Crippen molar-refractivity contribution in [3.8, 4) is 5.75 Å². The highest BCUT2D eigenvalue weighted by atomic mass is 16.6. The monoisotopic (exact) mass is 276 g/mol. The summed E-state index contributed by atoms with van der Waals surface area (Å²) < 4.78 is 1.48. The van der Waals surface area contributed by atoms with Gasteiger partial charge in [0.15, 0.2) is 0 Å². The van der Waals surface area contributed by atoms with Gasteiger partial charge in [-0.3, -0.25) is 19.6 Å². The average molecular weight is 276 g/mol. The van der Waals surface area contributed by atoms with Crippen LogP contribution in [0, 0.1) is 17.0 Å². The molecule has 20 heavy (non-hydrogen) atoms. The molecule has 0 bridgehead atoms. The molecule has 8 nitrogen and oxygen atoms in total. The van der Waals surface area contributed by atoms with Crippen LogP contribution in [-0.2, 0) is 7.05 Å². The Kier molecular flexibility index (Phi) is 3.38. The Morgan fingerprint density at radius 2 is 2.20 bits per heavy atom. The van der Waals surface area contributed by atoms with Gasteiger partial charge in [-0.05, 0) is 13.0 Å². The largest absolute Gasteiger partial charge is 0.506 e. The number of phenols is 1. The summed E-state index contributed by atoms with van der Waals surface area (Å²) >= 11 is 0. The molecule has 0 fully saturated rings. The molecule has 0 spiro atoms. The predicted molar refractivity (Wildman–Crippen MR) is 70.7 cm³/mol. The molecule has 8 heteroatoms. The SMILES string of the molecule is Cc1nn(C)cc1C(=O)Nc1cc([N+](=O)[O-])ccc1O. The van der Waals surface area contributed by atoms with Gasteiger partial charge >= 0.3 is 0 Å². The van der Waals surface area contributed by atoms with Crippen LogP contribution in [0.1, 0.15) is 16.1 Å². The molecule has 0 saturated carbocycles. The van der Waals surface area contributed by atoms with E-state index in [1.165, 1.54) is 10.9 Å². The van der Waals surface area contributed by atoms with E-state index in [-0.39, 0.29) is 17.1 Å². The fourth-order valence-corrected chi connectivity index (χ4v) is 1.75. The van der Waals surface area contributed by atoms with Crippen molar-refractivity contribution in [2.45, 2.75) is 6.92 Å². The fraction of sp³-hybridized carbons (Fsp3) is 0.167. The Morgan fingerprint density at radius 3 is 2.75 bits per heavy atom. The zero-order valence-electron chi connectivity index (χ0n) is 10.8. The number of amides is 1. The number of nitrogens with one attached hydrogen (secondary N) is 1. The second kappa shape index (κ2) is 5.00. The molecular weight excluding hydrogens is 264 g/mol. The number of hydrogen-bond acceptors (Lipinski definition) is 5. The number of nitrogens with zero attached hydrogens (tertiary/aromatic N) is 3. The highest BCUT2D eigenvalue weighted by Crippen LogP contribution is 2.28. The van der Waals surface area contributed by atoms with E-state index in [1.807, 2.05) is 0 Å². The number of carbonyl (C=O) groups excluding carboxylic acids is 1. The van der Waals surface area contributed by atoms with Gasteiger partial charge < -0.3 is 10.4 Å². The second-order valence-corrected chi connectivity index (χ2v) is 4.21. The van der Waals surface area contributed by atoms with Crippen molar-refractivity contribution in [2.75, 3.05) is 5.32 Å². The highest BCUT2D eigenvalue weighted by molar-refractivity contribution is 6.05. The number of nitro benzene ring substituents is 1. The maximum atomic E-state index is 12.0. The smallest absolute Gasteiger partial charge is 0.271 e. The van der Waals surface area contributed by atoms with Crippen LogP contribution in [0.2, 0.25) is 0 Å². The maximum Gasteiger partial charge on any atom is 0.271 e. The molecule has 1 aromatic heterocycles. The molecule has 2 N–H and O–H groups in total. The van der Waals surface area contributed by atoms with Crippen LogP contribution in [0.5, 0.6) is 5.75 Å². The van der Waals surface area contributed by atoms with Crippen LogP contribution >= 0.6 is 0 Å². The molecule has 0 unspecified atom stereocenters. The van der Waals surface area contributed by atoms with E-state index in [0.29, 0.717) is 11.3 Å². The topological polar surface area (TPSA) is 110 Å². The second-order valence-electron chi connectivity index (χ2n) is 4.21. The Morgan fingerprint density at radius 1 is 1.50 bits per heavy atom. The van der Waals surface area contributed by atoms with Gasteiger partial charge in [0, 0.05) is 25.4 Å². The number of aromatic nitrogens is 2. The molecule has 1 amide bonds. The van der Waals surface area contributed by atoms with Crippen LogP contribution in [-0.4, -0.2) is 25.7 Å². The van der Waals surface area contributed by atoms with Crippen molar-refractivity contribution >= 4 is 17.3 Å². The third kappa shape index (κ3) is 2.58. The third-order valence-electron chi connectivity index (χ3n) is 2.70. The summed E-state index contributed by atoms with van der Waals surface area (Å²) in [6, 6.07) is 3.41. The van der Waals surface area contributed by atoms with Crippen LogP contribution < -0.4 is 5.32 Å². The molecule has 0 aliphatic rings. The summed E-state index contributed by atoms with van der Waals surface area (Å²) in [7, 11) is 1.68. The zero-order chi connectivity index (χ0) is 14.9. The number of nitro groups is 1. The van der Waals surface area contributed by atoms with Gasteiger partial charge in [0.05, 0.1) is 21.9 Å². The molecule has 1 aromatic carbocycles. The van der Waals surface area contributed by atoms with Gasteiger partial charge in [0.25, 0.3) is 11.6 Å². The van der Waals surface area contributed by atoms with Crippen molar-refractivity contribution in [1.82, 2.24) is 9.78 Å². The number of benzene rings is 1. The lowest BCUT2D eigenvalue weighted by atomic mass is 10.2. The molecule has 1 heterocycles. The number of anilines is 1. The molecule has 0 radical (unpaired) electrons. The first-order chi connectivity index (χ1) is 9.38. The number of aryl methyl sites for hydroxylation is 2. The number of rotatable bonds is 3. The Labute approximate surface area is 113 Å². The van der Waals surface area contributed by atoms with Crippen molar-refractivity contribution in [3.63, 3.8) is 0 Å². The van der Waals surface area contributed by atoms with Gasteiger partial charge in [-0.2, -0.15) is 5.10 Å². The van der Waals surface area contributed by atoms with Crippen molar-refractivity contribution < 1.29 is 14.8 Å². The highest BCUT2D eigenvalue weighted by Gasteiger charge is 2.16. The first kappa shape index (κ1) is 13.5. The van der Waals surface area contributed by atoms with Crippen LogP contribution in [0.25, 0.3) is 0 Å². The number of carbonyl (C=O) groups is 1. The summed E-state index contributed by atoms with van der Waals surface area (Å²) in [6.45, 7) is 1.67. The molecule has 2 aromatic rings. The molecule has 2 rings (SSSR count). The van der Waals surface area contributed by atoms with Crippen molar-refractivity contribution in [1.29, 1.82) is 0 Å². The Hall–Kier alpha value is -2.90. The van der Waals surface area contributed by atoms with Gasteiger partial charge in [-0.15, -0.1) is 0 Å². The summed E-state index contributed by atoms with van der Waals surface area (Å²) in [4.78, 5) is 22.1. The zero-order valence-corrected chi connectivity index (χ0v) is 10.8. The summed E-state index contributed by atoms with van der Waals surface area (Å²) in [5.74, 6) is -0.739. The van der Waals surface area contributed by atoms with Crippen molar-refractivity contribution in [2.24, 2.45) is 7.05 Å². The minimum atomic E-state index is -0.607. The Bertz CT molecular complexity index is 693. The lowest BCUT2D eigenvalue weighted by molar-refractivity contribution is -0.384. The predicted octanol–water partition coefficient (Wildman–Crippen LogP) is 1.59. The summed E-state index contributed by atoms with van der Waals surface area (Å²) in [5, 5.41) is 26.8. The number of aromatic hydroxyl groups is 1. The molecule has 104 valence electrons. The van der Waals surface area contributed by atoms with Crippen molar-refractivity contribution in [3.05, 3.63) is 45.8 Å². The average Bonchev–Trinajstić information content (AvgIpc) is 2.71.